The van der Waals surface area contributed by atoms with Crippen LogP contribution in [-0.2, 0) is 0 Å². The van der Waals surface area contributed by atoms with Crippen molar-refractivity contribution in [2.24, 2.45) is 0 Å². The van der Waals surface area contributed by atoms with Crippen molar-refractivity contribution in [3.8, 4) is 16.9 Å². The highest BCUT2D eigenvalue weighted by Gasteiger charge is 2.11. The quantitative estimate of drug-likeness (QED) is 0.270. The number of carboxylic acid groups (broad SMARTS) is 1. The van der Waals surface area contributed by atoms with Gasteiger partial charge in [-0.15, -0.1) is 0 Å². The molecule has 31 heavy (non-hydrogen) atoms. The first kappa shape index (κ1) is 22.6. The van der Waals surface area contributed by atoms with Crippen LogP contribution in [0, 0.1) is 0 Å². The highest BCUT2D eigenvalue weighted by Crippen LogP contribution is 2.31. The zero-order chi connectivity index (χ0) is 22.2. The van der Waals surface area contributed by atoms with Gasteiger partial charge >= 0.3 is 6.16 Å². The molecule has 2 atom stereocenters. The minimum Gasteiger partial charge on any atom is -0.449 e. The first-order chi connectivity index (χ1) is 14.9. The van der Waals surface area contributed by atoms with Crippen LogP contribution < -0.4 is 15.4 Å². The molecule has 0 fully saturated rings. The molecule has 4 N–H and O–H groups in total. The van der Waals surface area contributed by atoms with Gasteiger partial charge in [-0.25, -0.2) is 4.79 Å². The number of aliphatic hydroxyl groups excluding tert-OH is 1. The van der Waals surface area contributed by atoms with Gasteiger partial charge in [-0.2, -0.15) is 0 Å². The fourth-order valence-electron chi connectivity index (χ4n) is 3.17. The van der Waals surface area contributed by atoms with Gasteiger partial charge in [0, 0.05) is 35.4 Å². The van der Waals surface area contributed by atoms with Gasteiger partial charge in [-0.05, 0) is 48.4 Å². The SMILES string of the molecule is C[C@H](CNc1cccc(-c2ccccc2OC(=O)O)c1)NC[C@H](O)c1cccc(Cl)c1. The molecule has 0 aliphatic heterocycles. The number of halogens is 1. The summed E-state index contributed by atoms with van der Waals surface area (Å²) >= 11 is 5.98. The second-order valence-corrected chi connectivity index (χ2v) is 7.64. The Hall–Kier alpha value is -3.06. The summed E-state index contributed by atoms with van der Waals surface area (Å²) in [6, 6.07) is 22.0. The van der Waals surface area contributed by atoms with Crippen molar-refractivity contribution < 1.29 is 19.7 Å². The van der Waals surface area contributed by atoms with Crippen LogP contribution in [0.4, 0.5) is 10.5 Å². The predicted octanol–water partition coefficient (Wildman–Crippen LogP) is 5.19. The molecular weight excluding hydrogens is 416 g/mol. The molecule has 7 heteroatoms. The van der Waals surface area contributed by atoms with Crippen LogP contribution in [0.15, 0.2) is 72.8 Å². The summed E-state index contributed by atoms with van der Waals surface area (Å²) in [4.78, 5) is 10.9. The van der Waals surface area contributed by atoms with Crippen LogP contribution >= 0.6 is 11.6 Å². The number of aliphatic hydroxyl groups is 1. The summed E-state index contributed by atoms with van der Waals surface area (Å²) < 4.78 is 4.89. The fourth-order valence-corrected chi connectivity index (χ4v) is 3.37. The van der Waals surface area contributed by atoms with Gasteiger partial charge in [-0.1, -0.05) is 54.1 Å². The van der Waals surface area contributed by atoms with Crippen molar-refractivity contribution in [2.75, 3.05) is 18.4 Å². The Morgan fingerprint density at radius 3 is 2.58 bits per heavy atom. The van der Waals surface area contributed by atoms with Gasteiger partial charge in [0.2, 0.25) is 0 Å². The molecule has 0 bridgehead atoms. The van der Waals surface area contributed by atoms with E-state index in [1.165, 1.54) is 0 Å². The normalized spacial score (nSPS) is 12.7. The van der Waals surface area contributed by atoms with E-state index in [2.05, 4.69) is 10.6 Å². The summed E-state index contributed by atoms with van der Waals surface area (Å²) in [6.07, 6.45) is -1.99. The number of rotatable bonds is 9. The molecular formula is C24H25ClN2O4. The summed E-state index contributed by atoms with van der Waals surface area (Å²) in [5.41, 5.74) is 3.21. The molecule has 0 unspecified atom stereocenters. The number of benzene rings is 3. The molecule has 0 aromatic heterocycles. The molecule has 0 saturated carbocycles. The van der Waals surface area contributed by atoms with Gasteiger partial charge in [0.15, 0.2) is 0 Å². The highest BCUT2D eigenvalue weighted by atomic mass is 35.5. The molecule has 3 rings (SSSR count). The molecule has 0 heterocycles. The smallest absolute Gasteiger partial charge is 0.449 e. The largest absolute Gasteiger partial charge is 0.511 e. The fraction of sp³-hybridized carbons (Fsp3) is 0.208. The zero-order valence-electron chi connectivity index (χ0n) is 17.1. The zero-order valence-corrected chi connectivity index (χ0v) is 17.8. The van der Waals surface area contributed by atoms with E-state index in [0.717, 1.165) is 16.8 Å². The maximum absolute atomic E-state index is 10.9. The van der Waals surface area contributed by atoms with Crippen molar-refractivity contribution in [2.45, 2.75) is 19.1 Å². The lowest BCUT2D eigenvalue weighted by Gasteiger charge is -2.19. The van der Waals surface area contributed by atoms with Crippen molar-refractivity contribution >= 4 is 23.4 Å². The number of ether oxygens (including phenoxy) is 1. The Labute approximate surface area is 186 Å². The number of hydrogen-bond acceptors (Lipinski definition) is 5. The minimum atomic E-state index is -1.35. The monoisotopic (exact) mass is 440 g/mol. The Kier molecular flexibility index (Phi) is 7.89. The lowest BCUT2D eigenvalue weighted by Crippen LogP contribution is -2.35. The van der Waals surface area contributed by atoms with Gasteiger partial charge in [0.05, 0.1) is 6.10 Å². The van der Waals surface area contributed by atoms with E-state index in [-0.39, 0.29) is 11.8 Å². The van der Waals surface area contributed by atoms with E-state index in [0.29, 0.717) is 23.7 Å². The minimum absolute atomic E-state index is 0.0973. The van der Waals surface area contributed by atoms with Crippen molar-refractivity contribution in [1.29, 1.82) is 0 Å². The van der Waals surface area contributed by atoms with Crippen LogP contribution in [0.25, 0.3) is 11.1 Å². The molecule has 0 radical (unpaired) electrons. The number of nitrogens with one attached hydrogen (secondary N) is 2. The standard InChI is InChI=1S/C24H25ClN2O4/c1-16(26-15-22(28)18-7-4-8-19(25)12-18)14-27-20-9-5-6-17(13-20)21-10-2-3-11-23(21)31-24(29)30/h2-13,16,22,26-28H,14-15H2,1H3,(H,29,30)/t16-,22+/m1/s1. The van der Waals surface area contributed by atoms with Gasteiger partial charge in [-0.3, -0.25) is 0 Å². The lowest BCUT2D eigenvalue weighted by atomic mass is 10.0. The number of hydrogen-bond donors (Lipinski definition) is 4. The van der Waals surface area contributed by atoms with Gasteiger partial charge in [0.25, 0.3) is 0 Å². The number of carbonyl (C=O) groups is 1. The third kappa shape index (κ3) is 6.72. The molecule has 3 aromatic rings. The van der Waals surface area contributed by atoms with Crippen LogP contribution in [0.5, 0.6) is 5.75 Å². The summed E-state index contributed by atoms with van der Waals surface area (Å²) in [5.74, 6) is 0.289. The third-order valence-electron chi connectivity index (χ3n) is 4.76. The van der Waals surface area contributed by atoms with E-state index in [1.54, 1.807) is 24.3 Å². The molecule has 6 nitrogen and oxygen atoms in total. The number of anilines is 1. The Bertz CT molecular complexity index is 1030. The summed E-state index contributed by atoms with van der Waals surface area (Å²) in [5, 5.41) is 26.6. The van der Waals surface area contributed by atoms with Crippen LogP contribution in [0.3, 0.4) is 0 Å². The second kappa shape index (κ2) is 10.8. The second-order valence-electron chi connectivity index (χ2n) is 7.21. The average Bonchev–Trinajstić information content (AvgIpc) is 2.76. The lowest BCUT2D eigenvalue weighted by molar-refractivity contribution is 0.144. The van der Waals surface area contributed by atoms with Crippen molar-refractivity contribution in [3.63, 3.8) is 0 Å². The third-order valence-corrected chi connectivity index (χ3v) is 5.00. The molecule has 3 aromatic carbocycles. The van der Waals surface area contributed by atoms with Crippen LogP contribution in [0.1, 0.15) is 18.6 Å². The Morgan fingerprint density at radius 2 is 1.81 bits per heavy atom. The van der Waals surface area contributed by atoms with Gasteiger partial charge in [0.1, 0.15) is 5.75 Å². The maximum atomic E-state index is 10.9. The first-order valence-corrected chi connectivity index (χ1v) is 10.3. The molecule has 0 amide bonds. The van der Waals surface area contributed by atoms with E-state index in [4.69, 9.17) is 21.4 Å². The summed E-state index contributed by atoms with van der Waals surface area (Å²) in [6.45, 7) is 3.07. The average molecular weight is 441 g/mol. The van der Waals surface area contributed by atoms with E-state index < -0.39 is 12.3 Å². The van der Waals surface area contributed by atoms with Crippen molar-refractivity contribution in [3.05, 3.63) is 83.4 Å². The van der Waals surface area contributed by atoms with E-state index >= 15 is 0 Å². The molecule has 0 aliphatic rings. The number of para-hydroxylation sites is 1. The van der Waals surface area contributed by atoms with E-state index in [9.17, 15) is 9.90 Å². The van der Waals surface area contributed by atoms with Gasteiger partial charge < -0.3 is 25.6 Å². The highest BCUT2D eigenvalue weighted by molar-refractivity contribution is 6.30. The molecule has 0 spiro atoms. The Balaban J connectivity index is 1.57. The Morgan fingerprint density at radius 1 is 1.03 bits per heavy atom. The van der Waals surface area contributed by atoms with E-state index in [1.807, 2.05) is 55.5 Å². The van der Waals surface area contributed by atoms with Crippen LogP contribution in [0.2, 0.25) is 5.02 Å². The molecule has 0 saturated heterocycles. The molecule has 162 valence electrons. The molecule has 0 aliphatic carbocycles. The summed E-state index contributed by atoms with van der Waals surface area (Å²) in [7, 11) is 0. The van der Waals surface area contributed by atoms with Crippen molar-refractivity contribution in [1.82, 2.24) is 5.32 Å². The van der Waals surface area contributed by atoms with Crippen LogP contribution in [-0.4, -0.2) is 35.5 Å². The first-order valence-electron chi connectivity index (χ1n) is 9.93. The topological polar surface area (TPSA) is 90.8 Å². The maximum Gasteiger partial charge on any atom is 0.511 e. The predicted molar refractivity (Wildman–Crippen MR) is 123 cm³/mol.